The van der Waals surface area contributed by atoms with E-state index in [1.165, 1.54) is 0 Å². The number of nitrogens with one attached hydrogen (secondary N) is 1. The predicted molar refractivity (Wildman–Crippen MR) is 62.1 cm³/mol. The molecule has 0 saturated heterocycles. The molecule has 0 spiro atoms. The van der Waals surface area contributed by atoms with Crippen molar-refractivity contribution >= 4 is 29.6 Å². The molecule has 0 atom stereocenters. The standard InChI is InChI=1S/C10H10N2O3S/c1-14-6-2-3-7-8(4-6)12-10(11-7)15-9(13)5-16/h2-4,16H,5H2,1H3,(H,11,12). The van der Waals surface area contributed by atoms with Crippen LogP contribution < -0.4 is 9.47 Å². The topological polar surface area (TPSA) is 64.2 Å². The zero-order valence-corrected chi connectivity index (χ0v) is 9.45. The van der Waals surface area contributed by atoms with E-state index in [1.54, 1.807) is 25.3 Å². The summed E-state index contributed by atoms with van der Waals surface area (Å²) in [5.41, 5.74) is 1.46. The van der Waals surface area contributed by atoms with Crippen LogP contribution in [-0.4, -0.2) is 28.8 Å². The number of benzene rings is 1. The van der Waals surface area contributed by atoms with Crippen molar-refractivity contribution in [2.24, 2.45) is 0 Å². The Hall–Kier alpha value is -1.69. The Bertz CT molecular complexity index is 524. The number of nitrogens with zero attached hydrogens (tertiary/aromatic N) is 1. The van der Waals surface area contributed by atoms with Crippen LogP contribution in [0.15, 0.2) is 18.2 Å². The van der Waals surface area contributed by atoms with E-state index in [2.05, 4.69) is 22.6 Å². The van der Waals surface area contributed by atoms with E-state index in [0.29, 0.717) is 11.3 Å². The van der Waals surface area contributed by atoms with E-state index < -0.39 is 5.97 Å². The third-order valence-corrected chi connectivity index (χ3v) is 2.27. The minimum absolute atomic E-state index is 0.0143. The molecular weight excluding hydrogens is 228 g/mol. The van der Waals surface area contributed by atoms with Gasteiger partial charge < -0.3 is 14.5 Å². The van der Waals surface area contributed by atoms with Crippen molar-refractivity contribution < 1.29 is 14.3 Å². The van der Waals surface area contributed by atoms with E-state index in [4.69, 9.17) is 9.47 Å². The third-order valence-electron chi connectivity index (χ3n) is 2.01. The maximum absolute atomic E-state index is 11.0. The molecule has 1 aromatic carbocycles. The van der Waals surface area contributed by atoms with Gasteiger partial charge in [0.25, 0.3) is 0 Å². The lowest BCUT2D eigenvalue weighted by molar-refractivity contribution is -0.131. The number of rotatable bonds is 3. The fraction of sp³-hybridized carbons (Fsp3) is 0.200. The first-order valence-electron chi connectivity index (χ1n) is 4.58. The van der Waals surface area contributed by atoms with Gasteiger partial charge in [-0.1, -0.05) is 0 Å². The minimum Gasteiger partial charge on any atom is -0.497 e. The molecule has 0 fully saturated rings. The number of aromatic nitrogens is 2. The van der Waals surface area contributed by atoms with Crippen LogP contribution in [0.3, 0.4) is 0 Å². The van der Waals surface area contributed by atoms with Crippen LogP contribution in [0.25, 0.3) is 11.0 Å². The van der Waals surface area contributed by atoms with Crippen molar-refractivity contribution in [1.29, 1.82) is 0 Å². The van der Waals surface area contributed by atoms with Crippen LogP contribution >= 0.6 is 12.6 Å². The minimum atomic E-state index is -0.450. The Labute approximate surface area is 97.2 Å². The Balaban J connectivity index is 2.32. The number of fused-ring (bicyclic) bond motifs is 1. The molecule has 0 saturated carbocycles. The lowest BCUT2D eigenvalue weighted by Gasteiger charge is -1.96. The normalized spacial score (nSPS) is 10.4. The Morgan fingerprint density at radius 2 is 2.38 bits per heavy atom. The second-order valence-corrected chi connectivity index (χ2v) is 3.37. The van der Waals surface area contributed by atoms with Gasteiger partial charge in [0.1, 0.15) is 5.75 Å². The van der Waals surface area contributed by atoms with Gasteiger partial charge in [0.15, 0.2) is 0 Å². The lowest BCUT2D eigenvalue weighted by Crippen LogP contribution is -2.09. The Morgan fingerprint density at radius 1 is 1.56 bits per heavy atom. The van der Waals surface area contributed by atoms with Crippen molar-refractivity contribution in [2.75, 3.05) is 12.9 Å². The largest absolute Gasteiger partial charge is 0.497 e. The van der Waals surface area contributed by atoms with Crippen LogP contribution in [0.2, 0.25) is 0 Å². The molecule has 6 heteroatoms. The number of H-pyrrole nitrogens is 1. The molecule has 2 rings (SSSR count). The van der Waals surface area contributed by atoms with Gasteiger partial charge in [-0.15, -0.1) is 0 Å². The summed E-state index contributed by atoms with van der Waals surface area (Å²) in [5, 5.41) is 0. The first-order chi connectivity index (χ1) is 7.72. The summed E-state index contributed by atoms with van der Waals surface area (Å²) in [4.78, 5) is 18.0. The van der Waals surface area contributed by atoms with E-state index in [1.807, 2.05) is 0 Å². The van der Waals surface area contributed by atoms with Crippen molar-refractivity contribution in [1.82, 2.24) is 9.97 Å². The third kappa shape index (κ3) is 2.11. The van der Waals surface area contributed by atoms with Gasteiger partial charge in [-0.25, -0.2) is 0 Å². The summed E-state index contributed by atoms with van der Waals surface area (Å²) in [6.07, 6.45) is 0. The second-order valence-electron chi connectivity index (χ2n) is 3.06. The molecule has 84 valence electrons. The van der Waals surface area contributed by atoms with E-state index in [0.717, 1.165) is 5.52 Å². The number of hydrogen-bond donors (Lipinski definition) is 2. The molecule has 0 bridgehead atoms. The van der Waals surface area contributed by atoms with Crippen LogP contribution in [0.4, 0.5) is 0 Å². The molecule has 1 heterocycles. The van der Waals surface area contributed by atoms with Gasteiger partial charge in [0.05, 0.1) is 23.9 Å². The molecular formula is C10H10N2O3S. The summed E-state index contributed by atoms with van der Waals surface area (Å²) >= 11 is 3.80. The van der Waals surface area contributed by atoms with Gasteiger partial charge in [0.2, 0.25) is 0 Å². The maximum atomic E-state index is 11.0. The highest BCUT2D eigenvalue weighted by molar-refractivity contribution is 7.81. The fourth-order valence-electron chi connectivity index (χ4n) is 1.28. The Kier molecular flexibility index (Phi) is 3.00. The number of hydrogen-bond acceptors (Lipinski definition) is 5. The van der Waals surface area contributed by atoms with Gasteiger partial charge in [0, 0.05) is 6.07 Å². The summed E-state index contributed by atoms with van der Waals surface area (Å²) < 4.78 is 9.97. The average molecular weight is 238 g/mol. The molecule has 0 amide bonds. The molecule has 2 aromatic rings. The molecule has 0 aliphatic carbocycles. The van der Waals surface area contributed by atoms with Crippen molar-refractivity contribution in [3.05, 3.63) is 18.2 Å². The van der Waals surface area contributed by atoms with Crippen molar-refractivity contribution in [2.45, 2.75) is 0 Å². The van der Waals surface area contributed by atoms with E-state index >= 15 is 0 Å². The monoisotopic (exact) mass is 238 g/mol. The summed E-state index contributed by atoms with van der Waals surface area (Å²) in [6.45, 7) is 0. The quantitative estimate of drug-likeness (QED) is 0.627. The van der Waals surface area contributed by atoms with Crippen molar-refractivity contribution in [3.63, 3.8) is 0 Å². The van der Waals surface area contributed by atoms with Crippen LogP contribution in [0, 0.1) is 0 Å². The number of carbonyl (C=O) groups is 1. The molecule has 1 N–H and O–H groups in total. The number of thiol groups is 1. The molecule has 0 unspecified atom stereocenters. The molecule has 5 nitrogen and oxygen atoms in total. The lowest BCUT2D eigenvalue weighted by atomic mass is 10.3. The average Bonchev–Trinajstić information content (AvgIpc) is 2.69. The zero-order valence-electron chi connectivity index (χ0n) is 8.56. The number of imidazole rings is 1. The first-order valence-corrected chi connectivity index (χ1v) is 5.21. The molecule has 0 aliphatic rings. The summed E-state index contributed by atoms with van der Waals surface area (Å²) in [7, 11) is 1.58. The van der Waals surface area contributed by atoms with E-state index in [9.17, 15) is 4.79 Å². The molecule has 0 radical (unpaired) electrons. The highest BCUT2D eigenvalue weighted by Gasteiger charge is 2.08. The number of carbonyl (C=O) groups excluding carboxylic acids is 1. The second kappa shape index (κ2) is 4.44. The number of esters is 1. The molecule has 0 aliphatic heterocycles. The maximum Gasteiger partial charge on any atom is 0.323 e. The van der Waals surface area contributed by atoms with Crippen LogP contribution in [0.5, 0.6) is 11.8 Å². The number of aromatic amines is 1. The number of methoxy groups -OCH3 is 1. The van der Waals surface area contributed by atoms with E-state index in [-0.39, 0.29) is 11.8 Å². The Morgan fingerprint density at radius 3 is 3.06 bits per heavy atom. The molecule has 1 aromatic heterocycles. The zero-order chi connectivity index (χ0) is 11.5. The summed E-state index contributed by atoms with van der Waals surface area (Å²) in [5.74, 6) is 0.276. The highest BCUT2D eigenvalue weighted by Crippen LogP contribution is 2.21. The van der Waals surface area contributed by atoms with Crippen LogP contribution in [-0.2, 0) is 4.79 Å². The summed E-state index contributed by atoms with van der Waals surface area (Å²) in [6, 6.07) is 5.51. The van der Waals surface area contributed by atoms with Gasteiger partial charge in [-0.3, -0.25) is 4.79 Å². The van der Waals surface area contributed by atoms with Gasteiger partial charge >= 0.3 is 12.0 Å². The highest BCUT2D eigenvalue weighted by atomic mass is 32.1. The van der Waals surface area contributed by atoms with Crippen LogP contribution in [0.1, 0.15) is 0 Å². The van der Waals surface area contributed by atoms with Gasteiger partial charge in [-0.05, 0) is 12.1 Å². The van der Waals surface area contributed by atoms with Gasteiger partial charge in [-0.2, -0.15) is 17.6 Å². The number of ether oxygens (including phenoxy) is 2. The smallest absolute Gasteiger partial charge is 0.323 e. The first kappa shape index (κ1) is 10.8. The predicted octanol–water partition coefficient (Wildman–Crippen LogP) is 1.41. The SMILES string of the molecule is COc1ccc2nc(OC(=O)CS)[nH]c2c1. The fourth-order valence-corrected chi connectivity index (χ4v) is 1.35. The molecule has 16 heavy (non-hydrogen) atoms. The van der Waals surface area contributed by atoms with Crippen molar-refractivity contribution in [3.8, 4) is 11.8 Å².